The summed E-state index contributed by atoms with van der Waals surface area (Å²) in [7, 11) is -12.5. The van der Waals surface area contributed by atoms with Crippen molar-refractivity contribution in [2.45, 2.75) is 140 Å². The summed E-state index contributed by atoms with van der Waals surface area (Å²) in [6.07, 6.45) is 5.97. The minimum Gasteiger partial charge on any atom is -0.461 e. The van der Waals surface area contributed by atoms with E-state index in [1.54, 1.807) is 12.1 Å². The van der Waals surface area contributed by atoms with Crippen LogP contribution in [0.15, 0.2) is 115 Å². The minimum absolute atomic E-state index is 0.0582. The average Bonchev–Trinajstić information content (AvgIpc) is 1.67. The van der Waals surface area contributed by atoms with Gasteiger partial charge in [-0.1, -0.05) is 53.0 Å². The van der Waals surface area contributed by atoms with Gasteiger partial charge in [-0.15, -0.1) is 34.0 Å². The number of fused-ring (bicyclic) bond motifs is 3. The number of ketones is 3. The van der Waals surface area contributed by atoms with Gasteiger partial charge >= 0.3 is 36.9 Å². The van der Waals surface area contributed by atoms with E-state index < -0.39 is 97.3 Å². The third-order valence-electron chi connectivity index (χ3n) is 21.2. The van der Waals surface area contributed by atoms with Gasteiger partial charge in [0, 0.05) is 109 Å². The zero-order chi connectivity index (χ0) is 86.5. The maximum Gasteiger partial charge on any atom is 0.333 e. The Morgan fingerprint density at radius 1 is 0.537 bits per heavy atom. The first-order valence-corrected chi connectivity index (χ1v) is 45.9. The lowest BCUT2D eigenvalue weighted by Gasteiger charge is -2.26. The lowest BCUT2D eigenvalue weighted by atomic mass is 9.93. The number of carbonyl (C=O) groups is 4. The number of hydrogen-bond donors (Lipinski definition) is 9. The molecule has 0 bridgehead atoms. The highest BCUT2D eigenvalue weighted by Crippen LogP contribution is 2.45. The third kappa shape index (κ3) is 22.6. The first-order chi connectivity index (χ1) is 57.5. The number of nitrogens with two attached hydrogens (primary N) is 4. The molecule has 3 saturated carbocycles. The minimum atomic E-state index is -4.20. The predicted molar refractivity (Wildman–Crippen MR) is 448 cm³/mol. The van der Waals surface area contributed by atoms with E-state index in [-0.39, 0.29) is 94.3 Å². The van der Waals surface area contributed by atoms with Gasteiger partial charge in [0.2, 0.25) is 17.3 Å². The van der Waals surface area contributed by atoms with E-state index in [0.29, 0.717) is 117 Å². The van der Waals surface area contributed by atoms with E-state index in [0.717, 1.165) is 61.7 Å². The zero-order valence-electron chi connectivity index (χ0n) is 64.7. The van der Waals surface area contributed by atoms with Crippen LogP contribution in [0.4, 0.5) is 26.2 Å². The molecule has 0 radical (unpaired) electrons. The molecule has 12 atom stereocenters. The molecular formula is C78H83Cl3F2N14O18S6. The molecule has 644 valence electrons. The summed E-state index contributed by atoms with van der Waals surface area (Å²) in [5.41, 5.74) is 15.0. The van der Waals surface area contributed by atoms with Crippen molar-refractivity contribution in [2.24, 2.45) is 43.9 Å². The number of halogens is 5. The summed E-state index contributed by atoms with van der Waals surface area (Å²) in [6.45, 7) is 6.17. The molecule has 15 rings (SSSR count). The van der Waals surface area contributed by atoms with Crippen LogP contribution in [-0.4, -0.2) is 176 Å². The highest BCUT2D eigenvalue weighted by atomic mass is 35.5. The Balaban J connectivity index is 0.000000157. The number of nitrogens with one attached hydrogen (secondary N) is 3. The fourth-order valence-corrected chi connectivity index (χ4v) is 20.1. The van der Waals surface area contributed by atoms with Gasteiger partial charge in [-0.05, 0) is 160 Å². The number of benzene rings is 3. The maximum absolute atomic E-state index is 14.2. The van der Waals surface area contributed by atoms with Crippen LogP contribution in [0.1, 0.15) is 174 Å². The summed E-state index contributed by atoms with van der Waals surface area (Å²) in [5, 5.41) is 46.8. The number of aryl methyl sites for hydroxylation is 2. The van der Waals surface area contributed by atoms with Gasteiger partial charge in [-0.3, -0.25) is 36.7 Å². The summed E-state index contributed by atoms with van der Waals surface area (Å²) < 4.78 is 127. The fourth-order valence-electron chi connectivity index (χ4n) is 15.5. The highest BCUT2D eigenvalue weighted by Gasteiger charge is 2.42. The van der Waals surface area contributed by atoms with Gasteiger partial charge in [0.05, 0.1) is 87.2 Å². The average molecular weight is 1840 g/mol. The van der Waals surface area contributed by atoms with Crippen LogP contribution >= 0.6 is 68.8 Å². The molecule has 3 fully saturated rings. The quantitative estimate of drug-likeness (QED) is 0.0171. The molecule has 2 unspecified atom stereocenters. The Labute approximate surface area is 721 Å². The van der Waals surface area contributed by atoms with E-state index in [2.05, 4.69) is 54.2 Å². The normalized spacial score (nSPS) is 22.2. The smallest absolute Gasteiger partial charge is 0.333 e. The number of alkyl halides is 2. The summed E-state index contributed by atoms with van der Waals surface area (Å²) in [6, 6.07) is 20.2. The largest absolute Gasteiger partial charge is 0.461 e. The number of nitrogens with zero attached hydrogens (tertiary/aromatic N) is 7. The number of anilines is 3. The number of ether oxygens (including phenoxy) is 3. The lowest BCUT2D eigenvalue weighted by Crippen LogP contribution is -2.35. The third-order valence-corrected chi connectivity index (χ3v) is 26.6. The standard InChI is InChI=1S/C28H32ClN5O7S2.C25H25ClF2N4O6S2.C25H26ClN5O5S2/c1-14(30)28(36)41-23-9-19(7-17(23)12-40-43(31,37)38)34-27-22(11-32-13-33-27)25(35)24-10-20(15(2)42-24)26-21-8-18(29)4-3-16(21)5-6-39-26;26-14-2-1-12-3-4-37-22(16(12)6-14)17-8-20(39-23(17)24(27)28)21(34)18-9-30-11-31-25(18)32-15-5-13(19(33)7-15)10-38-40(29,35)36;1-13-18(23-19-7-16(26)3-2-14(19)4-5-29-23)9-22(37-13)24(33)20-10-28-12-30-25(20)31-17-6-15(21(32)8-17)11-36-38(27,34)35/h3-4,8,10-11,13-14,17,19,23,26H,5-7,9,12,30H2,1-2H3,(H2,31,37,38)(H,32,33,34);1-2,6,8-9,11,13,15,19,22,24,33H,3-5,7,10H2,(H2,29,35,36)(H,30,31,32);2-3,7,9-10,12,15,17,21,32H,4-6,8,11H2,1H3,(H2,27,34,35)(H,28,30,31)/t14-,17+,19+,23-,26?;13-,15-,19+,22?;15-,17-,21+/m011/s1. The molecule has 6 aromatic heterocycles. The second-order valence-electron chi connectivity index (χ2n) is 29.7. The van der Waals surface area contributed by atoms with Gasteiger partial charge in [0.15, 0.2) is 0 Å². The predicted octanol–water partition coefficient (Wildman–Crippen LogP) is 9.75. The van der Waals surface area contributed by atoms with Crippen molar-refractivity contribution < 1.29 is 90.2 Å². The van der Waals surface area contributed by atoms with Crippen molar-refractivity contribution in [2.75, 3.05) is 55.5 Å². The van der Waals surface area contributed by atoms with E-state index in [1.807, 2.05) is 68.4 Å². The van der Waals surface area contributed by atoms with Crippen LogP contribution in [0.3, 0.4) is 0 Å². The summed E-state index contributed by atoms with van der Waals surface area (Å²) in [5.74, 6) is -2.32. The molecule has 0 spiro atoms. The van der Waals surface area contributed by atoms with Crippen LogP contribution in [0.2, 0.25) is 15.1 Å². The molecule has 121 heavy (non-hydrogen) atoms. The summed E-state index contributed by atoms with van der Waals surface area (Å²) in [4.78, 5) is 85.5. The van der Waals surface area contributed by atoms with Gasteiger partial charge in [0.1, 0.15) is 60.8 Å². The van der Waals surface area contributed by atoms with Crippen molar-refractivity contribution in [3.8, 4) is 0 Å². The van der Waals surface area contributed by atoms with E-state index >= 15 is 0 Å². The second-order valence-corrected chi connectivity index (χ2v) is 38.3. The molecule has 43 heteroatoms. The number of aliphatic hydroxyl groups is 2. The number of aliphatic imine (C=N–C) groups is 1. The van der Waals surface area contributed by atoms with Crippen LogP contribution in [0.5, 0.6) is 0 Å². The zero-order valence-corrected chi connectivity index (χ0v) is 71.9. The molecule has 9 aromatic rings. The number of aliphatic hydroxyl groups excluding tert-OH is 2. The summed E-state index contributed by atoms with van der Waals surface area (Å²) >= 11 is 22.2. The Hall–Kier alpha value is -8.31. The lowest BCUT2D eigenvalue weighted by molar-refractivity contribution is -0.152. The van der Waals surface area contributed by atoms with Gasteiger partial charge in [0.25, 0.3) is 6.43 Å². The first-order valence-electron chi connectivity index (χ1n) is 37.9. The fraction of sp³-hybridized carbons (Fsp3) is 0.397. The number of thiophene rings is 3. The van der Waals surface area contributed by atoms with E-state index in [4.69, 9.17) is 79.3 Å². The Morgan fingerprint density at radius 2 is 0.959 bits per heavy atom. The van der Waals surface area contributed by atoms with Crippen LogP contribution in [-0.2, 0) is 81.7 Å². The molecule has 3 aliphatic carbocycles. The molecule has 3 aromatic carbocycles. The van der Waals surface area contributed by atoms with Crippen LogP contribution in [0.25, 0.3) is 0 Å². The molecule has 0 amide bonds. The molecule has 0 saturated heterocycles. The number of rotatable bonds is 27. The van der Waals surface area contributed by atoms with Crippen LogP contribution in [0, 0.1) is 31.6 Å². The molecule has 9 heterocycles. The van der Waals surface area contributed by atoms with Crippen molar-refractivity contribution in [1.82, 2.24) is 29.9 Å². The Bertz CT molecular complexity index is 5780. The number of carbonyl (C=O) groups excluding carboxylic acids is 4. The van der Waals surface area contributed by atoms with Gasteiger partial charge in [-0.2, -0.15) is 25.3 Å². The Morgan fingerprint density at radius 3 is 1.44 bits per heavy atom. The first kappa shape index (κ1) is 90.4. The Kier molecular flexibility index (Phi) is 29.0. The van der Waals surface area contributed by atoms with Crippen molar-refractivity contribution >= 4 is 146 Å². The monoisotopic (exact) mass is 1840 g/mol. The topological polar surface area (TPSA) is 496 Å². The molecule has 32 nitrogen and oxygen atoms in total. The number of hydrogen-bond acceptors (Lipinski definition) is 32. The highest BCUT2D eigenvalue weighted by molar-refractivity contribution is 7.84. The SMILES string of the molecule is Cc1sc(C(=O)c2cncnc2N[C@@H]2C[C@H](COS(N)(=O)=O)[C@@H](O)C2)cc1C1=NCCc2ccc(Cl)cc21.Cc1sc(C(=O)c2cncnc2N[C@@H]2C[C@H](COS(N)(=O)=O)[C@@H](OC(=O)[C@H](C)N)C2)cc1C1OCCc2ccc(Cl)cc21.NS(=O)(=O)OC[C@H]1C[C@@H](Nc2ncncc2C(=O)c2cc(C3OCCc4ccc(Cl)cc43)c(C(F)F)s2)C[C@@H]1O. The number of aromatic nitrogens is 6. The number of esters is 1. The van der Waals surface area contributed by atoms with Crippen molar-refractivity contribution in [3.63, 3.8) is 0 Å². The van der Waals surface area contributed by atoms with E-state index in [1.165, 1.54) is 78.8 Å². The molecule has 3 aliphatic heterocycles. The molecule has 6 aliphatic rings. The van der Waals surface area contributed by atoms with Crippen molar-refractivity contribution in [3.05, 3.63) is 221 Å². The van der Waals surface area contributed by atoms with Crippen molar-refractivity contribution in [1.29, 1.82) is 0 Å². The van der Waals surface area contributed by atoms with Gasteiger partial charge < -0.3 is 46.1 Å². The van der Waals surface area contributed by atoms with Crippen LogP contribution < -0.4 is 37.1 Å². The van der Waals surface area contributed by atoms with Gasteiger partial charge in [-0.25, -0.2) is 54.1 Å². The molecular weight excluding hydrogens is 1760 g/mol. The maximum atomic E-state index is 14.2. The molecule has 13 N–H and O–H groups in total. The van der Waals surface area contributed by atoms with E-state index in [9.17, 15) is 63.4 Å². The second kappa shape index (κ2) is 38.8.